The highest BCUT2D eigenvalue weighted by Crippen LogP contribution is 2.39. The molecule has 12 heteroatoms. The number of rotatable bonds is 6. The number of nitrogens with zero attached hydrogens (tertiary/aromatic N) is 7. The average Bonchev–Trinajstić information content (AvgIpc) is 3.48. The van der Waals surface area contributed by atoms with Gasteiger partial charge in [0, 0.05) is 13.0 Å². The summed E-state index contributed by atoms with van der Waals surface area (Å²) in [7, 11) is 1.82. The van der Waals surface area contributed by atoms with Crippen LogP contribution in [-0.2, 0) is 6.54 Å². The minimum atomic E-state index is -0.831. The van der Waals surface area contributed by atoms with Crippen molar-refractivity contribution < 1.29 is 13.5 Å². The van der Waals surface area contributed by atoms with Crippen molar-refractivity contribution in [1.29, 1.82) is 5.26 Å². The third-order valence-electron chi connectivity index (χ3n) is 6.77. The number of hydrogen-bond acceptors (Lipinski definition) is 7. The van der Waals surface area contributed by atoms with Gasteiger partial charge in [-0.05, 0) is 50.3 Å². The van der Waals surface area contributed by atoms with Gasteiger partial charge in [-0.3, -0.25) is 13.7 Å². The SMILES string of the molecule is CNCCCn1c(=O)n([C@@H]2CCOc3c(F)ccc(F)c32)c2nc(-n3cnc4ccc(C#N)cc43)ncc21. The van der Waals surface area contributed by atoms with Crippen molar-refractivity contribution in [3.8, 4) is 17.8 Å². The molecule has 4 heterocycles. The summed E-state index contributed by atoms with van der Waals surface area (Å²) in [4.78, 5) is 27.4. The fourth-order valence-corrected chi connectivity index (χ4v) is 4.99. The van der Waals surface area contributed by atoms with Crippen LogP contribution in [0, 0.1) is 23.0 Å². The summed E-state index contributed by atoms with van der Waals surface area (Å²) in [6.07, 6.45) is 4.00. The van der Waals surface area contributed by atoms with E-state index < -0.39 is 23.4 Å². The summed E-state index contributed by atoms with van der Waals surface area (Å²) < 4.78 is 39.7. The van der Waals surface area contributed by atoms with E-state index in [-0.39, 0.29) is 35.9 Å². The first kappa shape index (κ1) is 23.7. The molecule has 3 aromatic heterocycles. The fourth-order valence-electron chi connectivity index (χ4n) is 4.99. The second kappa shape index (κ2) is 9.35. The zero-order valence-electron chi connectivity index (χ0n) is 20.4. The molecule has 0 unspecified atom stereocenters. The second-order valence-corrected chi connectivity index (χ2v) is 8.99. The fraction of sp³-hybridized carbons (Fsp3) is 0.269. The molecule has 0 spiro atoms. The molecule has 1 aliphatic rings. The first-order valence-corrected chi connectivity index (χ1v) is 12.1. The third-order valence-corrected chi connectivity index (χ3v) is 6.77. The summed E-state index contributed by atoms with van der Waals surface area (Å²) in [5.74, 6) is -1.32. The summed E-state index contributed by atoms with van der Waals surface area (Å²) in [5.41, 5.74) is 2.06. The molecule has 0 saturated carbocycles. The van der Waals surface area contributed by atoms with Crippen LogP contribution in [0.2, 0.25) is 0 Å². The molecule has 0 aliphatic carbocycles. The van der Waals surface area contributed by atoms with E-state index in [0.29, 0.717) is 41.6 Å². The molecule has 0 radical (unpaired) electrons. The third kappa shape index (κ3) is 3.71. The molecule has 1 aliphatic heterocycles. The highest BCUT2D eigenvalue weighted by molar-refractivity contribution is 5.79. The highest BCUT2D eigenvalue weighted by atomic mass is 19.1. The van der Waals surface area contributed by atoms with Crippen LogP contribution >= 0.6 is 0 Å². The van der Waals surface area contributed by atoms with Gasteiger partial charge in [-0.1, -0.05) is 0 Å². The number of nitrogens with one attached hydrogen (secondary N) is 1. The van der Waals surface area contributed by atoms with Gasteiger partial charge < -0.3 is 10.1 Å². The highest BCUT2D eigenvalue weighted by Gasteiger charge is 2.33. The molecule has 1 atom stereocenters. The van der Waals surface area contributed by atoms with Crippen LogP contribution < -0.4 is 15.7 Å². The summed E-state index contributed by atoms with van der Waals surface area (Å²) in [5, 5.41) is 12.4. The maximum Gasteiger partial charge on any atom is 0.330 e. The van der Waals surface area contributed by atoms with E-state index in [1.807, 2.05) is 7.05 Å². The van der Waals surface area contributed by atoms with E-state index in [2.05, 4.69) is 21.4 Å². The molecular formula is C26H22F2N8O2. The smallest absolute Gasteiger partial charge is 0.330 e. The topological polar surface area (TPSA) is 116 Å². The molecule has 10 nitrogen and oxygen atoms in total. The van der Waals surface area contributed by atoms with Crippen molar-refractivity contribution in [3.63, 3.8) is 0 Å². The van der Waals surface area contributed by atoms with E-state index >= 15 is 4.39 Å². The van der Waals surface area contributed by atoms with Crippen LogP contribution in [0.15, 0.2) is 47.7 Å². The first-order valence-electron chi connectivity index (χ1n) is 12.1. The van der Waals surface area contributed by atoms with Crippen molar-refractivity contribution in [1.82, 2.24) is 34.0 Å². The van der Waals surface area contributed by atoms with E-state index in [1.165, 1.54) is 10.9 Å². The normalized spacial score (nSPS) is 14.9. The summed E-state index contributed by atoms with van der Waals surface area (Å²) in [6.45, 7) is 1.17. The quantitative estimate of drug-likeness (QED) is 0.345. The molecule has 1 N–H and O–H groups in total. The van der Waals surface area contributed by atoms with Gasteiger partial charge in [-0.15, -0.1) is 0 Å². The first-order chi connectivity index (χ1) is 18.5. The largest absolute Gasteiger partial charge is 0.490 e. The number of benzene rings is 2. The van der Waals surface area contributed by atoms with Crippen molar-refractivity contribution >= 4 is 22.2 Å². The zero-order valence-corrected chi connectivity index (χ0v) is 20.4. The Morgan fingerprint density at radius 3 is 2.84 bits per heavy atom. The lowest BCUT2D eigenvalue weighted by molar-refractivity contribution is 0.238. The van der Waals surface area contributed by atoms with E-state index in [4.69, 9.17) is 9.72 Å². The molecule has 0 amide bonds. The number of aryl methyl sites for hydroxylation is 1. The van der Waals surface area contributed by atoms with Gasteiger partial charge in [-0.2, -0.15) is 10.2 Å². The Bertz CT molecular complexity index is 1800. The van der Waals surface area contributed by atoms with Crippen molar-refractivity contribution in [2.75, 3.05) is 20.2 Å². The Kier molecular flexibility index (Phi) is 5.84. The molecule has 0 fully saturated rings. The Hall–Kier alpha value is -4.63. The van der Waals surface area contributed by atoms with Crippen molar-refractivity contribution in [2.24, 2.45) is 0 Å². The lowest BCUT2D eigenvalue weighted by Gasteiger charge is -2.27. The Balaban J connectivity index is 1.59. The Labute approximate surface area is 214 Å². The molecule has 38 heavy (non-hydrogen) atoms. The van der Waals surface area contributed by atoms with Crippen LogP contribution in [0.4, 0.5) is 8.78 Å². The monoisotopic (exact) mass is 516 g/mol. The van der Waals surface area contributed by atoms with Crippen LogP contribution in [0.3, 0.4) is 0 Å². The lowest BCUT2D eigenvalue weighted by Crippen LogP contribution is -2.32. The number of ether oxygens (including phenoxy) is 1. The maximum atomic E-state index is 15.1. The van der Waals surface area contributed by atoms with Gasteiger partial charge in [0.25, 0.3) is 0 Å². The van der Waals surface area contributed by atoms with E-state index in [9.17, 15) is 14.4 Å². The molecule has 192 valence electrons. The molecule has 5 aromatic rings. The number of hydrogen-bond donors (Lipinski definition) is 1. The van der Waals surface area contributed by atoms with Crippen LogP contribution in [0.25, 0.3) is 28.1 Å². The average molecular weight is 517 g/mol. The number of halogens is 2. The van der Waals surface area contributed by atoms with Gasteiger partial charge >= 0.3 is 5.69 Å². The zero-order chi connectivity index (χ0) is 26.4. The summed E-state index contributed by atoms with van der Waals surface area (Å²) >= 11 is 0. The number of aromatic nitrogens is 6. The van der Waals surface area contributed by atoms with Gasteiger partial charge in [0.05, 0.1) is 47.1 Å². The van der Waals surface area contributed by atoms with E-state index in [1.54, 1.807) is 33.5 Å². The molecular weight excluding hydrogens is 494 g/mol. The molecule has 0 bridgehead atoms. The predicted molar refractivity (Wildman–Crippen MR) is 134 cm³/mol. The molecule has 6 rings (SSSR count). The standard InChI is InChI=1S/C26H22F2N8O2/c1-30-8-2-9-34-21-13-31-25(35-14-32-18-6-3-15(12-29)11-20(18)35)33-24(21)36(26(34)37)19-7-10-38-23-17(28)5-4-16(27)22(19)23/h3-6,11,13-14,19,30H,2,7-10H2,1H3/t19-/m1/s1. The maximum absolute atomic E-state index is 15.1. The Morgan fingerprint density at radius 1 is 1.18 bits per heavy atom. The van der Waals surface area contributed by atoms with Crippen LogP contribution in [-0.4, -0.2) is 48.9 Å². The predicted octanol–water partition coefficient (Wildman–Crippen LogP) is 3.06. The minimum Gasteiger partial charge on any atom is -0.490 e. The number of nitriles is 1. The summed E-state index contributed by atoms with van der Waals surface area (Å²) in [6, 6.07) is 8.41. The second-order valence-electron chi connectivity index (χ2n) is 8.99. The van der Waals surface area contributed by atoms with Gasteiger partial charge in [0.15, 0.2) is 17.2 Å². The van der Waals surface area contributed by atoms with Gasteiger partial charge in [0.1, 0.15) is 17.7 Å². The molecule has 0 saturated heterocycles. The van der Waals surface area contributed by atoms with Crippen molar-refractivity contribution in [2.45, 2.75) is 25.4 Å². The van der Waals surface area contributed by atoms with E-state index in [0.717, 1.165) is 12.1 Å². The van der Waals surface area contributed by atoms with Gasteiger partial charge in [0.2, 0.25) is 5.95 Å². The van der Waals surface area contributed by atoms with Gasteiger partial charge in [-0.25, -0.2) is 23.5 Å². The minimum absolute atomic E-state index is 0.0143. The van der Waals surface area contributed by atoms with Crippen molar-refractivity contribution in [3.05, 3.63) is 76.1 Å². The molecule has 2 aromatic carbocycles. The van der Waals surface area contributed by atoms with Crippen LogP contribution in [0.5, 0.6) is 5.75 Å². The van der Waals surface area contributed by atoms with Crippen LogP contribution in [0.1, 0.15) is 30.0 Å². The number of fused-ring (bicyclic) bond motifs is 3. The lowest BCUT2D eigenvalue weighted by atomic mass is 9.99. The Morgan fingerprint density at radius 2 is 2.03 bits per heavy atom. The number of imidazole rings is 2.